The number of benzene rings is 1. The molecule has 0 fully saturated rings. The van der Waals surface area contributed by atoms with Crippen molar-refractivity contribution in [2.75, 3.05) is 17.2 Å². The average molecular weight is 331 g/mol. The normalized spacial score (nSPS) is 16.6. The van der Waals surface area contributed by atoms with Crippen molar-refractivity contribution in [1.29, 1.82) is 0 Å². The number of aromatic nitrogens is 1. The number of thiazole rings is 1. The number of anilines is 2. The highest BCUT2D eigenvalue weighted by molar-refractivity contribution is 7.15. The number of aliphatic hydroxyl groups excluding tert-OH is 1. The van der Waals surface area contributed by atoms with E-state index in [0.29, 0.717) is 18.0 Å². The maximum absolute atomic E-state index is 12.2. The smallest absolute Gasteiger partial charge is 0.226 e. The Hall–Kier alpha value is -2.25. The van der Waals surface area contributed by atoms with Crippen LogP contribution in [0.15, 0.2) is 30.5 Å². The molecule has 23 heavy (non-hydrogen) atoms. The second kappa shape index (κ2) is 6.89. The zero-order valence-electron chi connectivity index (χ0n) is 12.4. The summed E-state index contributed by atoms with van der Waals surface area (Å²) in [6, 6.07) is 7.55. The third-order valence-electron chi connectivity index (χ3n) is 3.70. The predicted molar refractivity (Wildman–Crippen MR) is 88.6 cm³/mol. The molecule has 2 aromatic rings. The van der Waals surface area contributed by atoms with E-state index < -0.39 is 0 Å². The Morgan fingerprint density at radius 1 is 1.43 bits per heavy atom. The summed E-state index contributed by atoms with van der Waals surface area (Å²) in [6.45, 7) is 0.0591. The third-order valence-corrected chi connectivity index (χ3v) is 4.67. The molecule has 2 heterocycles. The van der Waals surface area contributed by atoms with Gasteiger partial charge in [-0.05, 0) is 11.6 Å². The highest BCUT2D eigenvalue weighted by Crippen LogP contribution is 2.34. The number of fused-ring (bicyclic) bond motifs is 1. The Labute approximate surface area is 137 Å². The van der Waals surface area contributed by atoms with Crippen LogP contribution in [0, 0.1) is 0 Å². The number of carbonyl (C=O) groups excluding carboxylic acids is 2. The Bertz CT molecular complexity index is 729. The fourth-order valence-corrected chi connectivity index (χ4v) is 3.49. The molecule has 0 spiro atoms. The standard InChI is InChI=1S/C16H17N3O3S/c20-6-5-11-9-17-16(23-11)19-15(22)8-10-7-14(21)18-13-4-2-1-3-12(10)13/h1-4,9-10,20H,5-8H2,(H,18,21)(H,17,19,22). The van der Waals surface area contributed by atoms with Crippen molar-refractivity contribution >= 4 is 34.0 Å². The molecule has 7 heteroatoms. The number of hydrogen-bond acceptors (Lipinski definition) is 5. The lowest BCUT2D eigenvalue weighted by atomic mass is 9.88. The van der Waals surface area contributed by atoms with Crippen LogP contribution < -0.4 is 10.6 Å². The molecule has 1 aliphatic rings. The van der Waals surface area contributed by atoms with E-state index in [2.05, 4.69) is 15.6 Å². The first-order chi connectivity index (χ1) is 11.2. The van der Waals surface area contributed by atoms with E-state index in [9.17, 15) is 9.59 Å². The van der Waals surface area contributed by atoms with Crippen LogP contribution in [0.2, 0.25) is 0 Å². The van der Waals surface area contributed by atoms with E-state index in [0.717, 1.165) is 16.1 Å². The Kier molecular flexibility index (Phi) is 4.68. The minimum Gasteiger partial charge on any atom is -0.396 e. The third kappa shape index (κ3) is 3.75. The van der Waals surface area contributed by atoms with Crippen molar-refractivity contribution in [3.05, 3.63) is 40.9 Å². The molecule has 1 atom stereocenters. The van der Waals surface area contributed by atoms with Gasteiger partial charge in [-0.15, -0.1) is 11.3 Å². The maximum Gasteiger partial charge on any atom is 0.226 e. The zero-order valence-corrected chi connectivity index (χ0v) is 13.2. The van der Waals surface area contributed by atoms with Crippen LogP contribution in [-0.2, 0) is 16.0 Å². The second-order valence-electron chi connectivity index (χ2n) is 5.39. The fraction of sp³-hybridized carbons (Fsp3) is 0.312. The maximum atomic E-state index is 12.2. The van der Waals surface area contributed by atoms with Crippen molar-refractivity contribution in [2.24, 2.45) is 0 Å². The highest BCUT2D eigenvalue weighted by Gasteiger charge is 2.26. The van der Waals surface area contributed by atoms with Gasteiger partial charge >= 0.3 is 0 Å². The summed E-state index contributed by atoms with van der Waals surface area (Å²) < 4.78 is 0. The van der Waals surface area contributed by atoms with Crippen molar-refractivity contribution in [2.45, 2.75) is 25.2 Å². The van der Waals surface area contributed by atoms with Gasteiger partial charge in [0, 0.05) is 48.5 Å². The minimum atomic E-state index is -0.163. The van der Waals surface area contributed by atoms with E-state index in [4.69, 9.17) is 5.11 Å². The van der Waals surface area contributed by atoms with E-state index in [1.165, 1.54) is 11.3 Å². The Morgan fingerprint density at radius 2 is 2.26 bits per heavy atom. The molecule has 0 saturated carbocycles. The van der Waals surface area contributed by atoms with Crippen molar-refractivity contribution in [3.8, 4) is 0 Å². The number of aliphatic hydroxyl groups is 1. The summed E-state index contributed by atoms with van der Waals surface area (Å²) in [6.07, 6.45) is 2.72. The molecule has 3 N–H and O–H groups in total. The molecule has 3 rings (SSSR count). The quantitative estimate of drug-likeness (QED) is 0.783. The van der Waals surface area contributed by atoms with Gasteiger partial charge in [-0.2, -0.15) is 0 Å². The Morgan fingerprint density at radius 3 is 3.09 bits per heavy atom. The lowest BCUT2D eigenvalue weighted by Gasteiger charge is -2.24. The predicted octanol–water partition coefficient (Wildman–Crippen LogP) is 2.13. The molecule has 1 aromatic carbocycles. The molecule has 0 radical (unpaired) electrons. The molecule has 1 unspecified atom stereocenters. The van der Waals surface area contributed by atoms with Gasteiger partial charge in [-0.25, -0.2) is 4.98 Å². The number of amides is 2. The summed E-state index contributed by atoms with van der Waals surface area (Å²) in [5.74, 6) is -0.359. The number of carbonyl (C=O) groups is 2. The summed E-state index contributed by atoms with van der Waals surface area (Å²) in [4.78, 5) is 29.1. The topological polar surface area (TPSA) is 91.3 Å². The van der Waals surface area contributed by atoms with Crippen molar-refractivity contribution in [1.82, 2.24) is 4.98 Å². The van der Waals surface area contributed by atoms with Gasteiger partial charge in [0.1, 0.15) is 0 Å². The first-order valence-electron chi connectivity index (χ1n) is 7.40. The van der Waals surface area contributed by atoms with Gasteiger partial charge in [0.2, 0.25) is 11.8 Å². The lowest BCUT2D eigenvalue weighted by molar-refractivity contribution is -0.118. The van der Waals surface area contributed by atoms with Gasteiger partial charge < -0.3 is 15.7 Å². The summed E-state index contributed by atoms with van der Waals surface area (Å²) >= 11 is 1.35. The first kappa shape index (κ1) is 15.6. The van der Waals surface area contributed by atoms with Crippen LogP contribution in [0.5, 0.6) is 0 Å². The summed E-state index contributed by atoms with van der Waals surface area (Å²) in [7, 11) is 0. The zero-order chi connectivity index (χ0) is 16.2. The van der Waals surface area contributed by atoms with Gasteiger partial charge in [-0.1, -0.05) is 18.2 Å². The summed E-state index contributed by atoms with van der Waals surface area (Å²) in [5.41, 5.74) is 1.77. The largest absolute Gasteiger partial charge is 0.396 e. The average Bonchev–Trinajstić information content (AvgIpc) is 2.94. The van der Waals surface area contributed by atoms with E-state index in [-0.39, 0.29) is 30.8 Å². The summed E-state index contributed by atoms with van der Waals surface area (Å²) in [5, 5.41) is 15.0. The lowest BCUT2D eigenvalue weighted by Crippen LogP contribution is -2.25. The van der Waals surface area contributed by atoms with Crippen LogP contribution in [0.25, 0.3) is 0 Å². The van der Waals surface area contributed by atoms with Crippen LogP contribution in [0.4, 0.5) is 10.8 Å². The fourth-order valence-electron chi connectivity index (χ4n) is 2.67. The molecular formula is C16H17N3O3S. The van der Waals surface area contributed by atoms with E-state index in [1.54, 1.807) is 6.20 Å². The highest BCUT2D eigenvalue weighted by atomic mass is 32.1. The molecule has 0 aliphatic carbocycles. The van der Waals surface area contributed by atoms with Crippen LogP contribution in [0.3, 0.4) is 0 Å². The molecule has 0 bridgehead atoms. The van der Waals surface area contributed by atoms with Crippen LogP contribution in [0.1, 0.15) is 29.2 Å². The number of nitrogens with zero attached hydrogens (tertiary/aromatic N) is 1. The van der Waals surface area contributed by atoms with E-state index in [1.807, 2.05) is 24.3 Å². The molecule has 120 valence electrons. The van der Waals surface area contributed by atoms with Gasteiger partial charge in [0.15, 0.2) is 5.13 Å². The Balaban J connectivity index is 1.66. The van der Waals surface area contributed by atoms with Crippen LogP contribution >= 0.6 is 11.3 Å². The number of para-hydroxylation sites is 1. The number of nitrogens with one attached hydrogen (secondary N) is 2. The first-order valence-corrected chi connectivity index (χ1v) is 8.21. The minimum absolute atomic E-state index is 0.0591. The SMILES string of the molecule is O=C(CC1CC(=O)Nc2ccccc21)Nc1ncc(CCO)s1. The molecule has 6 nitrogen and oxygen atoms in total. The second-order valence-corrected chi connectivity index (χ2v) is 6.51. The molecule has 1 aromatic heterocycles. The number of rotatable bonds is 5. The monoisotopic (exact) mass is 331 g/mol. The molecule has 0 saturated heterocycles. The van der Waals surface area contributed by atoms with E-state index >= 15 is 0 Å². The van der Waals surface area contributed by atoms with Gasteiger partial charge in [0.25, 0.3) is 0 Å². The van der Waals surface area contributed by atoms with Crippen molar-refractivity contribution < 1.29 is 14.7 Å². The molecular weight excluding hydrogens is 314 g/mol. The van der Waals surface area contributed by atoms with Gasteiger partial charge in [-0.3, -0.25) is 9.59 Å². The van der Waals surface area contributed by atoms with Crippen molar-refractivity contribution in [3.63, 3.8) is 0 Å². The molecule has 1 aliphatic heterocycles. The van der Waals surface area contributed by atoms with Gasteiger partial charge in [0.05, 0.1) is 0 Å². The van der Waals surface area contributed by atoms with Crippen LogP contribution in [-0.4, -0.2) is 28.5 Å². The number of hydrogen-bond donors (Lipinski definition) is 3. The molecule has 2 amide bonds.